The Morgan fingerprint density at radius 1 is 0.203 bits per heavy atom. The standard InChI is InChI=1S/C61H39N3/c1-3-16-40(17-4-1)41-30-34-46(35-31-41)59-62-60(64-61(63-59)54-28-14-11-24-49(54)42-18-5-2-6-19-42)47-36-32-45(33-37-47)56-52-26-12-13-27-53(52)57(51-29-15-22-43-20-7-9-23-48(43)51)55-39-38-44-21-8-10-25-50(44)58(55)56/h1-39H. The number of hydrogen-bond acceptors (Lipinski definition) is 3. The SMILES string of the molecule is c1ccc(-c2ccc(-c3nc(-c4ccc(-c5c6ccccc6c(-c6cccc7ccccc67)c6ccc7ccccc7c56)cc4)nc(-c4ccccc4-c4ccccc4)n3)cc2)cc1. The number of aromatic nitrogens is 3. The van der Waals surface area contributed by atoms with Crippen LogP contribution in [0, 0.1) is 0 Å². The lowest BCUT2D eigenvalue weighted by atomic mass is 9.83. The molecule has 1 heterocycles. The van der Waals surface area contributed by atoms with Crippen molar-refractivity contribution in [1.82, 2.24) is 15.0 Å². The van der Waals surface area contributed by atoms with Gasteiger partial charge in [-0.15, -0.1) is 0 Å². The van der Waals surface area contributed by atoms with Crippen LogP contribution < -0.4 is 0 Å². The molecule has 0 bridgehead atoms. The third kappa shape index (κ3) is 6.50. The fourth-order valence-electron chi connectivity index (χ4n) is 9.51. The maximum absolute atomic E-state index is 5.24. The highest BCUT2D eigenvalue weighted by molar-refractivity contribution is 6.29. The van der Waals surface area contributed by atoms with Crippen molar-refractivity contribution in [3.05, 3.63) is 237 Å². The van der Waals surface area contributed by atoms with Gasteiger partial charge in [0.05, 0.1) is 0 Å². The summed E-state index contributed by atoms with van der Waals surface area (Å²) in [7, 11) is 0. The Morgan fingerprint density at radius 2 is 0.641 bits per heavy atom. The van der Waals surface area contributed by atoms with Crippen molar-refractivity contribution in [1.29, 1.82) is 0 Å². The summed E-state index contributed by atoms with van der Waals surface area (Å²) in [6.07, 6.45) is 0. The van der Waals surface area contributed by atoms with Crippen LogP contribution in [0.1, 0.15) is 0 Å². The smallest absolute Gasteiger partial charge is 0.164 e. The predicted molar refractivity (Wildman–Crippen MR) is 268 cm³/mol. The van der Waals surface area contributed by atoms with Gasteiger partial charge in [-0.1, -0.05) is 237 Å². The quantitative estimate of drug-likeness (QED) is 0.119. The second-order valence-corrected chi connectivity index (χ2v) is 16.3. The molecule has 0 saturated carbocycles. The van der Waals surface area contributed by atoms with Crippen LogP contribution >= 0.6 is 0 Å². The molecule has 1 aromatic heterocycles. The molecule has 3 heteroatoms. The van der Waals surface area contributed by atoms with E-state index in [0.29, 0.717) is 17.5 Å². The zero-order valence-electron chi connectivity index (χ0n) is 34.9. The van der Waals surface area contributed by atoms with Crippen LogP contribution in [0.5, 0.6) is 0 Å². The van der Waals surface area contributed by atoms with Crippen LogP contribution in [-0.4, -0.2) is 15.0 Å². The molecule has 0 unspecified atom stereocenters. The Kier molecular flexibility index (Phi) is 9.16. The van der Waals surface area contributed by atoms with Crippen LogP contribution in [0.2, 0.25) is 0 Å². The zero-order chi connectivity index (χ0) is 42.4. The Morgan fingerprint density at radius 3 is 1.31 bits per heavy atom. The maximum Gasteiger partial charge on any atom is 0.164 e. The Hall–Kier alpha value is -8.53. The molecule has 0 aliphatic carbocycles. The molecule has 0 atom stereocenters. The van der Waals surface area contributed by atoms with Gasteiger partial charge in [0, 0.05) is 16.7 Å². The van der Waals surface area contributed by atoms with Crippen molar-refractivity contribution >= 4 is 43.1 Å². The van der Waals surface area contributed by atoms with E-state index in [1.165, 1.54) is 65.3 Å². The summed E-state index contributed by atoms with van der Waals surface area (Å²) in [5.41, 5.74) is 12.1. The molecule has 0 fully saturated rings. The third-order valence-corrected chi connectivity index (χ3v) is 12.5. The van der Waals surface area contributed by atoms with Gasteiger partial charge in [0.2, 0.25) is 0 Å². The van der Waals surface area contributed by atoms with Gasteiger partial charge in [-0.25, -0.2) is 15.0 Å². The molecular weight excluding hydrogens is 775 g/mol. The van der Waals surface area contributed by atoms with Crippen LogP contribution in [0.25, 0.3) is 122 Å². The molecule has 0 radical (unpaired) electrons. The Balaban J connectivity index is 1.05. The van der Waals surface area contributed by atoms with Crippen molar-refractivity contribution in [2.75, 3.05) is 0 Å². The summed E-state index contributed by atoms with van der Waals surface area (Å²) < 4.78 is 0. The topological polar surface area (TPSA) is 38.7 Å². The first-order valence-corrected chi connectivity index (χ1v) is 21.8. The van der Waals surface area contributed by atoms with Crippen LogP contribution in [-0.2, 0) is 0 Å². The molecule has 64 heavy (non-hydrogen) atoms. The van der Waals surface area contributed by atoms with Gasteiger partial charge in [0.25, 0.3) is 0 Å². The van der Waals surface area contributed by atoms with Gasteiger partial charge >= 0.3 is 0 Å². The Labute approximate surface area is 371 Å². The summed E-state index contributed by atoms with van der Waals surface area (Å²) in [6, 6.07) is 84.2. The van der Waals surface area contributed by atoms with E-state index < -0.39 is 0 Å². The average Bonchev–Trinajstić information content (AvgIpc) is 3.38. The predicted octanol–water partition coefficient (Wildman–Crippen LogP) is 16.2. The highest BCUT2D eigenvalue weighted by Gasteiger charge is 2.21. The average molecular weight is 814 g/mol. The molecule has 0 N–H and O–H groups in total. The van der Waals surface area contributed by atoms with Crippen LogP contribution in [0.3, 0.4) is 0 Å². The fourth-order valence-corrected chi connectivity index (χ4v) is 9.51. The van der Waals surface area contributed by atoms with Crippen molar-refractivity contribution in [2.24, 2.45) is 0 Å². The van der Waals surface area contributed by atoms with Gasteiger partial charge in [0.15, 0.2) is 17.5 Å². The second-order valence-electron chi connectivity index (χ2n) is 16.3. The molecule has 11 aromatic carbocycles. The molecule has 0 aliphatic heterocycles. The van der Waals surface area contributed by atoms with Crippen molar-refractivity contribution < 1.29 is 0 Å². The molecule has 0 amide bonds. The number of nitrogens with zero attached hydrogens (tertiary/aromatic N) is 3. The monoisotopic (exact) mass is 813 g/mol. The lowest BCUT2D eigenvalue weighted by Crippen LogP contribution is -2.01. The van der Waals surface area contributed by atoms with E-state index >= 15 is 0 Å². The first kappa shape index (κ1) is 37.2. The molecule has 12 aromatic rings. The minimum Gasteiger partial charge on any atom is -0.208 e. The van der Waals surface area contributed by atoms with E-state index in [4.69, 9.17) is 15.0 Å². The third-order valence-electron chi connectivity index (χ3n) is 12.5. The summed E-state index contributed by atoms with van der Waals surface area (Å²) >= 11 is 0. The summed E-state index contributed by atoms with van der Waals surface area (Å²) in [6.45, 7) is 0. The molecule has 0 saturated heterocycles. The van der Waals surface area contributed by atoms with Gasteiger partial charge in [-0.3, -0.25) is 0 Å². The molecule has 3 nitrogen and oxygen atoms in total. The van der Waals surface area contributed by atoms with E-state index in [-0.39, 0.29) is 0 Å². The largest absolute Gasteiger partial charge is 0.208 e. The number of fused-ring (bicyclic) bond motifs is 5. The molecule has 0 aliphatic rings. The molecule has 298 valence electrons. The van der Waals surface area contributed by atoms with Crippen LogP contribution in [0.15, 0.2) is 237 Å². The van der Waals surface area contributed by atoms with Gasteiger partial charge in [-0.2, -0.15) is 0 Å². The fraction of sp³-hybridized carbons (Fsp3) is 0. The first-order chi connectivity index (χ1) is 31.7. The van der Waals surface area contributed by atoms with Gasteiger partial charge in [-0.05, 0) is 87.6 Å². The zero-order valence-corrected chi connectivity index (χ0v) is 34.9. The minimum atomic E-state index is 0.619. The highest BCUT2D eigenvalue weighted by atomic mass is 15.0. The van der Waals surface area contributed by atoms with Gasteiger partial charge < -0.3 is 0 Å². The van der Waals surface area contributed by atoms with Crippen molar-refractivity contribution in [3.8, 4) is 78.7 Å². The maximum atomic E-state index is 5.24. The minimum absolute atomic E-state index is 0.619. The normalized spacial score (nSPS) is 11.4. The van der Waals surface area contributed by atoms with E-state index in [1.54, 1.807) is 0 Å². The molecule has 0 spiro atoms. The van der Waals surface area contributed by atoms with E-state index in [0.717, 1.165) is 38.9 Å². The summed E-state index contributed by atoms with van der Waals surface area (Å²) in [5, 5.41) is 9.83. The van der Waals surface area contributed by atoms with E-state index in [1.807, 2.05) is 12.1 Å². The van der Waals surface area contributed by atoms with Crippen LogP contribution in [0.4, 0.5) is 0 Å². The summed E-state index contributed by atoms with van der Waals surface area (Å²) in [5.74, 6) is 1.87. The number of rotatable bonds is 7. The number of hydrogen-bond donors (Lipinski definition) is 0. The lowest BCUT2D eigenvalue weighted by Gasteiger charge is -2.20. The lowest BCUT2D eigenvalue weighted by molar-refractivity contribution is 1.07. The van der Waals surface area contributed by atoms with Crippen molar-refractivity contribution in [2.45, 2.75) is 0 Å². The van der Waals surface area contributed by atoms with Gasteiger partial charge in [0.1, 0.15) is 0 Å². The van der Waals surface area contributed by atoms with E-state index in [9.17, 15) is 0 Å². The van der Waals surface area contributed by atoms with Crippen molar-refractivity contribution in [3.63, 3.8) is 0 Å². The first-order valence-electron chi connectivity index (χ1n) is 21.8. The summed E-state index contributed by atoms with van der Waals surface area (Å²) in [4.78, 5) is 15.6. The number of benzene rings is 11. The molecular formula is C61H39N3. The van der Waals surface area contributed by atoms with E-state index in [2.05, 4.69) is 224 Å². The second kappa shape index (κ2) is 15.7. The molecule has 12 rings (SSSR count). The highest BCUT2D eigenvalue weighted by Crippen LogP contribution is 2.47. The Bertz CT molecular complexity index is 3690.